The minimum Gasteiger partial charge on any atom is -0.455 e. The summed E-state index contributed by atoms with van der Waals surface area (Å²) >= 11 is 0. The molecule has 0 atom stereocenters. The third-order valence-electron chi connectivity index (χ3n) is 2.99. The first kappa shape index (κ1) is 13.1. The minimum atomic E-state index is -0.151. The van der Waals surface area contributed by atoms with Crippen LogP contribution in [0, 0.1) is 0 Å². The van der Waals surface area contributed by atoms with E-state index in [4.69, 9.17) is 4.74 Å². The SMILES string of the molecule is O=C(c1ccccc1)c1ncccc1Oc1ccccc1. The largest absolute Gasteiger partial charge is 0.455 e. The number of pyridine rings is 1. The monoisotopic (exact) mass is 275 g/mol. The molecule has 1 aromatic heterocycles. The van der Waals surface area contributed by atoms with E-state index in [0.717, 1.165) is 0 Å². The molecule has 0 saturated carbocycles. The van der Waals surface area contributed by atoms with Crippen molar-refractivity contribution in [1.82, 2.24) is 4.98 Å². The van der Waals surface area contributed by atoms with Crippen molar-refractivity contribution in [1.29, 1.82) is 0 Å². The summed E-state index contributed by atoms with van der Waals surface area (Å²) in [6.45, 7) is 0. The normalized spacial score (nSPS) is 10.1. The van der Waals surface area contributed by atoms with Crippen LogP contribution in [0.2, 0.25) is 0 Å². The molecule has 2 aromatic carbocycles. The van der Waals surface area contributed by atoms with E-state index in [1.807, 2.05) is 48.5 Å². The van der Waals surface area contributed by atoms with Gasteiger partial charge in [-0.25, -0.2) is 4.98 Å². The van der Waals surface area contributed by atoms with E-state index in [1.165, 1.54) is 0 Å². The Morgan fingerprint density at radius 3 is 2.19 bits per heavy atom. The van der Waals surface area contributed by atoms with E-state index < -0.39 is 0 Å². The van der Waals surface area contributed by atoms with Gasteiger partial charge in [0.05, 0.1) is 0 Å². The molecule has 0 amide bonds. The molecular formula is C18H13NO2. The molecule has 0 bridgehead atoms. The summed E-state index contributed by atoms with van der Waals surface area (Å²) in [6.07, 6.45) is 1.59. The number of para-hydroxylation sites is 1. The van der Waals surface area contributed by atoms with Crippen LogP contribution in [-0.2, 0) is 0 Å². The van der Waals surface area contributed by atoms with Crippen LogP contribution in [0.5, 0.6) is 11.5 Å². The lowest BCUT2D eigenvalue weighted by molar-refractivity contribution is 0.103. The molecule has 3 rings (SSSR count). The van der Waals surface area contributed by atoms with Crippen LogP contribution in [0.1, 0.15) is 16.1 Å². The highest BCUT2D eigenvalue weighted by molar-refractivity contribution is 6.09. The van der Waals surface area contributed by atoms with Crippen LogP contribution in [0.15, 0.2) is 79.0 Å². The summed E-state index contributed by atoms with van der Waals surface area (Å²) in [7, 11) is 0. The van der Waals surface area contributed by atoms with Gasteiger partial charge in [-0.2, -0.15) is 0 Å². The number of ketones is 1. The van der Waals surface area contributed by atoms with Crippen LogP contribution in [-0.4, -0.2) is 10.8 Å². The number of nitrogens with zero attached hydrogens (tertiary/aromatic N) is 1. The first-order valence-corrected chi connectivity index (χ1v) is 6.62. The molecule has 0 aliphatic carbocycles. The van der Waals surface area contributed by atoms with Crippen molar-refractivity contribution in [3.8, 4) is 11.5 Å². The van der Waals surface area contributed by atoms with Crippen LogP contribution in [0.3, 0.4) is 0 Å². The maximum absolute atomic E-state index is 12.5. The van der Waals surface area contributed by atoms with Gasteiger partial charge in [-0.15, -0.1) is 0 Å². The molecule has 0 fully saturated rings. The maximum atomic E-state index is 12.5. The zero-order valence-corrected chi connectivity index (χ0v) is 11.3. The quantitative estimate of drug-likeness (QED) is 0.673. The van der Waals surface area contributed by atoms with Crippen molar-refractivity contribution in [2.75, 3.05) is 0 Å². The third kappa shape index (κ3) is 2.98. The summed E-state index contributed by atoms with van der Waals surface area (Å²) in [6, 6.07) is 21.9. The maximum Gasteiger partial charge on any atom is 0.215 e. The van der Waals surface area contributed by atoms with E-state index in [2.05, 4.69) is 4.98 Å². The second kappa shape index (κ2) is 6.01. The molecule has 1 heterocycles. The summed E-state index contributed by atoms with van der Waals surface area (Å²) < 4.78 is 5.77. The molecule has 102 valence electrons. The predicted octanol–water partition coefficient (Wildman–Crippen LogP) is 4.10. The Morgan fingerprint density at radius 2 is 1.48 bits per heavy atom. The molecule has 3 aromatic rings. The second-order valence-electron chi connectivity index (χ2n) is 4.46. The molecular weight excluding hydrogens is 262 g/mol. The average molecular weight is 275 g/mol. The number of hydrogen-bond acceptors (Lipinski definition) is 3. The lowest BCUT2D eigenvalue weighted by Crippen LogP contribution is -2.05. The highest BCUT2D eigenvalue weighted by atomic mass is 16.5. The number of rotatable bonds is 4. The Balaban J connectivity index is 1.95. The molecule has 0 radical (unpaired) electrons. The Kier molecular flexibility index (Phi) is 3.74. The van der Waals surface area contributed by atoms with Gasteiger partial charge in [-0.05, 0) is 24.3 Å². The average Bonchev–Trinajstić information content (AvgIpc) is 2.56. The van der Waals surface area contributed by atoms with Crippen molar-refractivity contribution in [2.45, 2.75) is 0 Å². The van der Waals surface area contributed by atoms with Crippen molar-refractivity contribution in [2.24, 2.45) is 0 Å². The first-order chi connectivity index (χ1) is 10.3. The number of carbonyl (C=O) groups excluding carboxylic acids is 1. The predicted molar refractivity (Wildman–Crippen MR) is 80.6 cm³/mol. The van der Waals surface area contributed by atoms with Crippen molar-refractivity contribution < 1.29 is 9.53 Å². The van der Waals surface area contributed by atoms with E-state index in [1.54, 1.807) is 30.5 Å². The van der Waals surface area contributed by atoms with Crippen molar-refractivity contribution in [3.05, 3.63) is 90.3 Å². The first-order valence-electron chi connectivity index (χ1n) is 6.62. The van der Waals surface area contributed by atoms with Gasteiger partial charge in [0.25, 0.3) is 0 Å². The lowest BCUT2D eigenvalue weighted by Gasteiger charge is -2.09. The molecule has 0 saturated heterocycles. The number of benzene rings is 2. The van der Waals surface area contributed by atoms with E-state index >= 15 is 0 Å². The van der Waals surface area contributed by atoms with E-state index in [0.29, 0.717) is 22.8 Å². The van der Waals surface area contributed by atoms with Gasteiger partial charge in [-0.3, -0.25) is 4.79 Å². The fraction of sp³-hybridized carbons (Fsp3) is 0. The summed E-state index contributed by atoms with van der Waals surface area (Å²) in [5.74, 6) is 0.979. The standard InChI is InChI=1S/C18H13NO2/c20-18(14-8-3-1-4-9-14)17-16(12-7-13-19-17)21-15-10-5-2-6-11-15/h1-13H. The molecule has 0 spiro atoms. The zero-order chi connectivity index (χ0) is 14.5. The highest BCUT2D eigenvalue weighted by Gasteiger charge is 2.16. The Bertz CT molecular complexity index is 739. The summed E-state index contributed by atoms with van der Waals surface area (Å²) in [5.41, 5.74) is 0.904. The minimum absolute atomic E-state index is 0.151. The van der Waals surface area contributed by atoms with Crippen LogP contribution >= 0.6 is 0 Å². The number of ether oxygens (including phenoxy) is 1. The van der Waals surface area contributed by atoms with Gasteiger partial charge < -0.3 is 4.74 Å². The van der Waals surface area contributed by atoms with Gasteiger partial charge in [0, 0.05) is 11.8 Å². The zero-order valence-electron chi connectivity index (χ0n) is 11.3. The summed E-state index contributed by atoms with van der Waals surface area (Å²) in [5, 5.41) is 0. The van der Waals surface area contributed by atoms with Gasteiger partial charge in [0.2, 0.25) is 5.78 Å². The van der Waals surface area contributed by atoms with Crippen molar-refractivity contribution >= 4 is 5.78 Å². The van der Waals surface area contributed by atoms with Crippen molar-refractivity contribution in [3.63, 3.8) is 0 Å². The molecule has 3 heteroatoms. The number of aromatic nitrogens is 1. The Hall–Kier alpha value is -2.94. The number of carbonyl (C=O) groups is 1. The molecule has 3 nitrogen and oxygen atoms in total. The number of hydrogen-bond donors (Lipinski definition) is 0. The molecule has 0 N–H and O–H groups in total. The summed E-state index contributed by atoms with van der Waals surface area (Å²) in [4.78, 5) is 16.7. The van der Waals surface area contributed by atoms with Gasteiger partial charge >= 0.3 is 0 Å². The fourth-order valence-electron chi connectivity index (χ4n) is 1.99. The molecule has 21 heavy (non-hydrogen) atoms. The second-order valence-corrected chi connectivity index (χ2v) is 4.46. The van der Waals surface area contributed by atoms with Crippen LogP contribution in [0.25, 0.3) is 0 Å². The van der Waals surface area contributed by atoms with E-state index in [9.17, 15) is 4.79 Å². The molecule has 0 aliphatic heterocycles. The lowest BCUT2D eigenvalue weighted by atomic mass is 10.1. The van der Waals surface area contributed by atoms with Gasteiger partial charge in [0.1, 0.15) is 5.75 Å². The van der Waals surface area contributed by atoms with Gasteiger partial charge in [-0.1, -0.05) is 48.5 Å². The fourth-order valence-corrected chi connectivity index (χ4v) is 1.99. The Labute approximate surface area is 122 Å². The van der Waals surface area contributed by atoms with Crippen LogP contribution < -0.4 is 4.74 Å². The third-order valence-corrected chi connectivity index (χ3v) is 2.99. The van der Waals surface area contributed by atoms with E-state index in [-0.39, 0.29) is 5.78 Å². The Morgan fingerprint density at radius 1 is 0.810 bits per heavy atom. The highest BCUT2D eigenvalue weighted by Crippen LogP contribution is 2.25. The molecule has 0 aliphatic rings. The smallest absolute Gasteiger partial charge is 0.215 e. The van der Waals surface area contributed by atoms with Gasteiger partial charge in [0.15, 0.2) is 11.4 Å². The topological polar surface area (TPSA) is 39.2 Å². The van der Waals surface area contributed by atoms with Crippen LogP contribution in [0.4, 0.5) is 0 Å². The molecule has 0 unspecified atom stereocenters.